The summed E-state index contributed by atoms with van der Waals surface area (Å²) in [5.74, 6) is 0.837. The van der Waals surface area contributed by atoms with Crippen LogP contribution in [0.5, 0.6) is 0 Å². The molecule has 0 amide bonds. The van der Waals surface area contributed by atoms with E-state index in [1.54, 1.807) is 0 Å². The van der Waals surface area contributed by atoms with E-state index in [1.165, 1.54) is 43.6 Å². The third kappa shape index (κ3) is 6.07. The van der Waals surface area contributed by atoms with E-state index in [0.717, 1.165) is 25.0 Å². The molecule has 3 heteroatoms. The number of nitrogens with one attached hydrogen (secondary N) is 1. The molecule has 1 aromatic heterocycles. The van der Waals surface area contributed by atoms with Gasteiger partial charge in [0.05, 0.1) is 0 Å². The van der Waals surface area contributed by atoms with E-state index in [9.17, 15) is 0 Å². The molecule has 1 fully saturated rings. The van der Waals surface area contributed by atoms with Gasteiger partial charge in [0.25, 0.3) is 0 Å². The van der Waals surface area contributed by atoms with Gasteiger partial charge in [-0.1, -0.05) is 19.9 Å². The maximum atomic E-state index is 3.60. The summed E-state index contributed by atoms with van der Waals surface area (Å²) < 4.78 is 0. The van der Waals surface area contributed by atoms with Crippen LogP contribution in [0.4, 0.5) is 0 Å². The van der Waals surface area contributed by atoms with Crippen molar-refractivity contribution in [2.24, 2.45) is 5.92 Å². The summed E-state index contributed by atoms with van der Waals surface area (Å²) in [6.45, 7) is 9.27. The fourth-order valence-electron chi connectivity index (χ4n) is 2.42. The zero-order chi connectivity index (χ0) is 13.5. The minimum atomic E-state index is 0.837. The smallest absolute Gasteiger partial charge is 0.0331 e. The average Bonchev–Trinajstić information content (AvgIpc) is 3.10. The van der Waals surface area contributed by atoms with Crippen LogP contribution in [0.1, 0.15) is 44.4 Å². The molecule has 0 aliphatic heterocycles. The first kappa shape index (κ1) is 15.0. The van der Waals surface area contributed by atoms with Crippen LogP contribution in [0.2, 0.25) is 0 Å². The molecular formula is C16H28N2S. The lowest BCUT2D eigenvalue weighted by Gasteiger charge is -2.21. The summed E-state index contributed by atoms with van der Waals surface area (Å²) in [4.78, 5) is 4.16. The molecule has 1 aliphatic carbocycles. The van der Waals surface area contributed by atoms with Crippen molar-refractivity contribution in [3.63, 3.8) is 0 Å². The quantitative estimate of drug-likeness (QED) is 0.657. The Bertz CT molecular complexity index is 331. The van der Waals surface area contributed by atoms with Crippen molar-refractivity contribution in [3.05, 3.63) is 22.4 Å². The first-order valence-corrected chi connectivity index (χ1v) is 8.61. The second-order valence-electron chi connectivity index (χ2n) is 6.07. The van der Waals surface area contributed by atoms with E-state index in [1.807, 2.05) is 11.3 Å². The van der Waals surface area contributed by atoms with Gasteiger partial charge in [-0.05, 0) is 49.6 Å². The molecular weight excluding hydrogens is 252 g/mol. The van der Waals surface area contributed by atoms with Crippen molar-refractivity contribution in [2.75, 3.05) is 19.6 Å². The molecule has 0 atom stereocenters. The molecule has 1 N–H and O–H groups in total. The molecule has 0 aromatic carbocycles. The van der Waals surface area contributed by atoms with Crippen molar-refractivity contribution in [1.29, 1.82) is 0 Å². The van der Waals surface area contributed by atoms with E-state index in [4.69, 9.17) is 0 Å². The molecule has 1 aromatic rings. The lowest BCUT2D eigenvalue weighted by atomic mass is 10.1. The monoisotopic (exact) mass is 280 g/mol. The second-order valence-corrected chi connectivity index (χ2v) is 7.10. The molecule has 1 saturated carbocycles. The summed E-state index contributed by atoms with van der Waals surface area (Å²) in [7, 11) is 0. The zero-order valence-electron chi connectivity index (χ0n) is 12.4. The number of nitrogens with zero attached hydrogens (tertiary/aromatic N) is 1. The summed E-state index contributed by atoms with van der Waals surface area (Å²) in [5, 5.41) is 5.78. The number of hydrogen-bond donors (Lipinski definition) is 1. The SMILES string of the molecule is CC(C)CCCNCCN(Cc1cccs1)C1CC1. The Kier molecular flexibility index (Phi) is 6.35. The molecule has 0 unspecified atom stereocenters. The standard InChI is InChI=1S/C16H28N2S/c1-14(2)5-3-9-17-10-11-18(15-7-8-15)13-16-6-4-12-19-16/h4,6,12,14-15,17H,3,5,7-11,13H2,1-2H3. The molecule has 0 saturated heterocycles. The third-order valence-corrected chi connectivity index (χ3v) is 4.57. The number of hydrogen-bond acceptors (Lipinski definition) is 3. The van der Waals surface area contributed by atoms with Crippen molar-refractivity contribution in [2.45, 2.75) is 52.1 Å². The first-order valence-electron chi connectivity index (χ1n) is 7.73. The van der Waals surface area contributed by atoms with Crippen molar-refractivity contribution >= 4 is 11.3 Å². The van der Waals surface area contributed by atoms with Crippen LogP contribution in [-0.2, 0) is 6.54 Å². The maximum Gasteiger partial charge on any atom is 0.0331 e. The van der Waals surface area contributed by atoms with Gasteiger partial charge in [0, 0.05) is 30.6 Å². The van der Waals surface area contributed by atoms with Crippen molar-refractivity contribution < 1.29 is 0 Å². The minimum Gasteiger partial charge on any atom is -0.315 e. The van der Waals surface area contributed by atoms with Crippen LogP contribution < -0.4 is 5.32 Å². The molecule has 0 spiro atoms. The van der Waals surface area contributed by atoms with E-state index in [2.05, 4.69) is 41.6 Å². The summed E-state index contributed by atoms with van der Waals surface area (Å²) >= 11 is 1.88. The van der Waals surface area contributed by atoms with Crippen LogP contribution in [0, 0.1) is 5.92 Å². The lowest BCUT2D eigenvalue weighted by Crippen LogP contribution is -2.33. The lowest BCUT2D eigenvalue weighted by molar-refractivity contribution is 0.256. The van der Waals surface area contributed by atoms with E-state index in [0.29, 0.717) is 0 Å². The molecule has 108 valence electrons. The Hall–Kier alpha value is -0.380. The third-order valence-electron chi connectivity index (χ3n) is 3.71. The van der Waals surface area contributed by atoms with Gasteiger partial charge in [0.2, 0.25) is 0 Å². The average molecular weight is 280 g/mol. The van der Waals surface area contributed by atoms with E-state index in [-0.39, 0.29) is 0 Å². The minimum absolute atomic E-state index is 0.837. The fourth-order valence-corrected chi connectivity index (χ4v) is 3.15. The predicted octanol–water partition coefficient (Wildman–Crippen LogP) is 3.74. The van der Waals surface area contributed by atoms with Crippen LogP contribution in [0.15, 0.2) is 17.5 Å². The fraction of sp³-hybridized carbons (Fsp3) is 0.750. The van der Waals surface area contributed by atoms with Crippen molar-refractivity contribution in [3.8, 4) is 0 Å². The predicted molar refractivity (Wildman–Crippen MR) is 84.7 cm³/mol. The highest BCUT2D eigenvalue weighted by atomic mass is 32.1. The van der Waals surface area contributed by atoms with E-state index < -0.39 is 0 Å². The molecule has 0 radical (unpaired) electrons. The molecule has 2 rings (SSSR count). The van der Waals surface area contributed by atoms with Crippen molar-refractivity contribution in [1.82, 2.24) is 10.2 Å². The molecule has 1 heterocycles. The normalized spacial score (nSPS) is 15.6. The molecule has 1 aliphatic rings. The van der Waals surface area contributed by atoms with Gasteiger partial charge in [-0.25, -0.2) is 0 Å². The summed E-state index contributed by atoms with van der Waals surface area (Å²) in [6.07, 6.45) is 5.46. The van der Waals surface area contributed by atoms with Gasteiger partial charge >= 0.3 is 0 Å². The summed E-state index contributed by atoms with van der Waals surface area (Å²) in [5.41, 5.74) is 0. The number of rotatable bonds is 10. The van der Waals surface area contributed by atoms with Gasteiger partial charge in [0.1, 0.15) is 0 Å². The first-order chi connectivity index (χ1) is 9.25. The van der Waals surface area contributed by atoms with Crippen LogP contribution in [0.25, 0.3) is 0 Å². The topological polar surface area (TPSA) is 15.3 Å². The largest absolute Gasteiger partial charge is 0.315 e. The highest BCUT2D eigenvalue weighted by molar-refractivity contribution is 7.09. The van der Waals surface area contributed by atoms with Gasteiger partial charge in [-0.3, -0.25) is 4.90 Å². The summed E-state index contributed by atoms with van der Waals surface area (Å²) in [6, 6.07) is 5.28. The van der Waals surface area contributed by atoms with Gasteiger partial charge in [0.15, 0.2) is 0 Å². The Morgan fingerprint density at radius 2 is 2.21 bits per heavy atom. The van der Waals surface area contributed by atoms with Gasteiger partial charge in [-0.2, -0.15) is 0 Å². The zero-order valence-corrected chi connectivity index (χ0v) is 13.2. The van der Waals surface area contributed by atoms with E-state index >= 15 is 0 Å². The van der Waals surface area contributed by atoms with Gasteiger partial charge in [-0.15, -0.1) is 11.3 Å². The highest BCUT2D eigenvalue weighted by Gasteiger charge is 2.28. The van der Waals surface area contributed by atoms with Gasteiger partial charge < -0.3 is 5.32 Å². The highest BCUT2D eigenvalue weighted by Crippen LogP contribution is 2.28. The number of thiophene rings is 1. The van der Waals surface area contributed by atoms with Crippen LogP contribution >= 0.6 is 11.3 Å². The Balaban J connectivity index is 1.59. The van der Waals surface area contributed by atoms with Crippen LogP contribution in [-0.4, -0.2) is 30.6 Å². The molecule has 2 nitrogen and oxygen atoms in total. The molecule has 19 heavy (non-hydrogen) atoms. The Morgan fingerprint density at radius 3 is 2.84 bits per heavy atom. The Morgan fingerprint density at radius 1 is 1.37 bits per heavy atom. The molecule has 0 bridgehead atoms. The maximum absolute atomic E-state index is 3.60. The second kappa shape index (κ2) is 8.03. The van der Waals surface area contributed by atoms with Crippen LogP contribution in [0.3, 0.4) is 0 Å². The Labute approximate surface area is 122 Å².